The molecule has 0 unspecified atom stereocenters. The van der Waals surface area contributed by atoms with Crippen LogP contribution >= 0.6 is 11.6 Å². The summed E-state index contributed by atoms with van der Waals surface area (Å²) in [6.45, 7) is 2.55. The molecule has 1 N–H and O–H groups in total. The summed E-state index contributed by atoms with van der Waals surface area (Å²) in [7, 11) is -3.55. The monoisotopic (exact) mass is 392 g/mol. The molecule has 7 heteroatoms. The van der Waals surface area contributed by atoms with Gasteiger partial charge < -0.3 is 4.90 Å². The summed E-state index contributed by atoms with van der Waals surface area (Å²) in [5.74, 6) is -0.0642. The summed E-state index contributed by atoms with van der Waals surface area (Å²) < 4.78 is 27.5. The predicted octanol–water partition coefficient (Wildman–Crippen LogP) is 3.97. The first-order chi connectivity index (χ1) is 12.4. The van der Waals surface area contributed by atoms with Crippen LogP contribution < -0.4 is 9.62 Å². The molecule has 26 heavy (non-hydrogen) atoms. The van der Waals surface area contributed by atoms with Crippen molar-refractivity contribution in [1.82, 2.24) is 0 Å². The van der Waals surface area contributed by atoms with Gasteiger partial charge in [-0.25, -0.2) is 8.42 Å². The molecular formula is C19H21ClN2O3S. The lowest BCUT2D eigenvalue weighted by Crippen LogP contribution is -2.34. The van der Waals surface area contributed by atoms with Gasteiger partial charge in [0.2, 0.25) is 15.9 Å². The molecule has 0 bridgehead atoms. The van der Waals surface area contributed by atoms with Gasteiger partial charge in [-0.15, -0.1) is 0 Å². The minimum absolute atomic E-state index is 0.0836. The molecule has 3 rings (SSSR count). The molecule has 1 aliphatic rings. The first-order valence-electron chi connectivity index (χ1n) is 8.56. The van der Waals surface area contributed by atoms with Gasteiger partial charge in [0.15, 0.2) is 0 Å². The standard InChI is InChI=1S/C19H21ClN2O3S/c1-2-19(23)22-10-4-6-15-12-17(8-9-18(15)22)21-26(24,25)13-14-5-3-7-16(20)11-14/h3,5,7-9,11-12,21H,2,4,6,10,13H2,1H3. The molecule has 1 heterocycles. The van der Waals surface area contributed by atoms with Crippen LogP contribution in [0, 0.1) is 0 Å². The molecule has 138 valence electrons. The predicted molar refractivity (Wildman–Crippen MR) is 105 cm³/mol. The third kappa shape index (κ3) is 4.37. The lowest BCUT2D eigenvalue weighted by molar-refractivity contribution is -0.118. The largest absolute Gasteiger partial charge is 0.312 e. The van der Waals surface area contributed by atoms with Crippen molar-refractivity contribution in [3.05, 3.63) is 58.6 Å². The molecule has 0 fully saturated rings. The lowest BCUT2D eigenvalue weighted by Gasteiger charge is -2.29. The number of nitrogens with one attached hydrogen (secondary N) is 1. The summed E-state index contributed by atoms with van der Waals surface area (Å²) >= 11 is 5.92. The first kappa shape index (κ1) is 18.7. The molecule has 0 atom stereocenters. The van der Waals surface area contributed by atoms with Crippen molar-refractivity contribution in [1.29, 1.82) is 0 Å². The van der Waals surface area contributed by atoms with Crippen molar-refractivity contribution in [2.24, 2.45) is 0 Å². The van der Waals surface area contributed by atoms with Gasteiger partial charge in [0, 0.05) is 29.4 Å². The molecular weight excluding hydrogens is 372 g/mol. The number of carbonyl (C=O) groups excluding carboxylic acids is 1. The van der Waals surface area contributed by atoms with Gasteiger partial charge in [-0.2, -0.15) is 0 Å². The molecule has 5 nitrogen and oxygen atoms in total. The highest BCUT2D eigenvalue weighted by molar-refractivity contribution is 7.91. The Morgan fingerprint density at radius 1 is 1.23 bits per heavy atom. The van der Waals surface area contributed by atoms with E-state index in [4.69, 9.17) is 11.6 Å². The molecule has 0 saturated heterocycles. The highest BCUT2D eigenvalue weighted by atomic mass is 35.5. The number of benzene rings is 2. The fourth-order valence-corrected chi connectivity index (χ4v) is 4.56. The fourth-order valence-electron chi connectivity index (χ4n) is 3.17. The Hall–Kier alpha value is -2.05. The number of rotatable bonds is 5. The highest BCUT2D eigenvalue weighted by Gasteiger charge is 2.22. The number of anilines is 2. The number of amides is 1. The van der Waals surface area contributed by atoms with E-state index in [1.54, 1.807) is 35.2 Å². The quantitative estimate of drug-likeness (QED) is 0.837. The second-order valence-electron chi connectivity index (χ2n) is 6.34. The first-order valence-corrected chi connectivity index (χ1v) is 10.6. The number of nitrogens with zero attached hydrogens (tertiary/aromatic N) is 1. The van der Waals surface area contributed by atoms with Crippen LogP contribution in [0.15, 0.2) is 42.5 Å². The minimum atomic E-state index is -3.55. The van der Waals surface area contributed by atoms with Crippen molar-refractivity contribution >= 4 is 38.9 Å². The third-order valence-corrected chi connectivity index (χ3v) is 5.82. The van der Waals surface area contributed by atoms with Crippen molar-refractivity contribution < 1.29 is 13.2 Å². The van der Waals surface area contributed by atoms with Crippen LogP contribution in [0.4, 0.5) is 11.4 Å². The number of aryl methyl sites for hydroxylation is 1. The molecule has 0 aromatic heterocycles. The van der Waals surface area contributed by atoms with E-state index in [1.165, 1.54) is 0 Å². The zero-order chi connectivity index (χ0) is 18.7. The Morgan fingerprint density at radius 2 is 2.04 bits per heavy atom. The number of fused-ring (bicyclic) bond motifs is 1. The average molecular weight is 393 g/mol. The average Bonchev–Trinajstić information content (AvgIpc) is 2.59. The molecule has 2 aromatic carbocycles. The van der Waals surface area contributed by atoms with E-state index in [0.717, 1.165) is 24.1 Å². The van der Waals surface area contributed by atoms with Crippen LogP contribution in [0.1, 0.15) is 30.9 Å². The topological polar surface area (TPSA) is 66.5 Å². The van der Waals surface area contributed by atoms with Crippen LogP contribution in [-0.2, 0) is 27.0 Å². The summed E-state index contributed by atoms with van der Waals surface area (Å²) in [4.78, 5) is 13.9. The molecule has 0 radical (unpaired) electrons. The molecule has 1 aliphatic heterocycles. The second kappa shape index (κ2) is 7.68. The van der Waals surface area contributed by atoms with E-state index in [2.05, 4.69) is 4.72 Å². The number of hydrogen-bond donors (Lipinski definition) is 1. The van der Waals surface area contributed by atoms with Gasteiger partial charge in [0.05, 0.1) is 5.75 Å². The second-order valence-corrected chi connectivity index (χ2v) is 8.50. The SMILES string of the molecule is CCC(=O)N1CCCc2cc(NS(=O)(=O)Cc3cccc(Cl)c3)ccc21. The Labute approximate surface area is 159 Å². The lowest BCUT2D eigenvalue weighted by atomic mass is 10.0. The summed E-state index contributed by atoms with van der Waals surface area (Å²) in [6.07, 6.45) is 2.15. The Kier molecular flexibility index (Phi) is 5.53. The highest BCUT2D eigenvalue weighted by Crippen LogP contribution is 2.30. The van der Waals surface area contributed by atoms with E-state index in [0.29, 0.717) is 29.2 Å². The number of hydrogen-bond acceptors (Lipinski definition) is 3. The van der Waals surface area contributed by atoms with E-state index >= 15 is 0 Å². The van der Waals surface area contributed by atoms with E-state index < -0.39 is 10.0 Å². The molecule has 0 saturated carbocycles. The van der Waals surface area contributed by atoms with Crippen molar-refractivity contribution in [3.63, 3.8) is 0 Å². The van der Waals surface area contributed by atoms with Crippen molar-refractivity contribution in [2.45, 2.75) is 31.9 Å². The summed E-state index contributed by atoms with van der Waals surface area (Å²) in [6, 6.07) is 12.1. The third-order valence-electron chi connectivity index (χ3n) is 4.32. The van der Waals surface area contributed by atoms with Gasteiger partial charge in [-0.3, -0.25) is 9.52 Å². The molecule has 0 aliphatic carbocycles. The van der Waals surface area contributed by atoms with E-state index in [1.807, 2.05) is 19.1 Å². The molecule has 1 amide bonds. The van der Waals surface area contributed by atoms with Crippen molar-refractivity contribution in [2.75, 3.05) is 16.2 Å². The van der Waals surface area contributed by atoms with Gasteiger partial charge in [0.25, 0.3) is 0 Å². The van der Waals surface area contributed by atoms with Gasteiger partial charge in [-0.1, -0.05) is 30.7 Å². The zero-order valence-corrected chi connectivity index (χ0v) is 16.1. The number of sulfonamides is 1. The maximum atomic E-state index is 12.4. The van der Waals surface area contributed by atoms with Crippen LogP contribution in [0.25, 0.3) is 0 Å². The van der Waals surface area contributed by atoms with Crippen molar-refractivity contribution in [3.8, 4) is 0 Å². The maximum Gasteiger partial charge on any atom is 0.236 e. The van der Waals surface area contributed by atoms with E-state index in [-0.39, 0.29) is 11.7 Å². The van der Waals surface area contributed by atoms with Crippen LogP contribution in [0.2, 0.25) is 5.02 Å². The van der Waals surface area contributed by atoms with Crippen LogP contribution in [-0.4, -0.2) is 20.9 Å². The van der Waals surface area contributed by atoms with Gasteiger partial charge in [0.1, 0.15) is 0 Å². The zero-order valence-electron chi connectivity index (χ0n) is 14.5. The normalized spacial score (nSPS) is 14.0. The molecule has 2 aromatic rings. The maximum absolute atomic E-state index is 12.4. The van der Waals surface area contributed by atoms with Crippen LogP contribution in [0.5, 0.6) is 0 Å². The smallest absolute Gasteiger partial charge is 0.236 e. The van der Waals surface area contributed by atoms with Gasteiger partial charge in [-0.05, 0) is 54.3 Å². The van der Waals surface area contributed by atoms with Crippen LogP contribution in [0.3, 0.4) is 0 Å². The number of carbonyl (C=O) groups is 1. The Morgan fingerprint density at radius 3 is 2.77 bits per heavy atom. The number of halogens is 1. The summed E-state index contributed by atoms with van der Waals surface area (Å²) in [5.41, 5.74) is 3.00. The Balaban J connectivity index is 1.79. The summed E-state index contributed by atoms with van der Waals surface area (Å²) in [5, 5.41) is 0.507. The minimum Gasteiger partial charge on any atom is -0.312 e. The molecule has 0 spiro atoms. The van der Waals surface area contributed by atoms with E-state index in [9.17, 15) is 13.2 Å². The Bertz CT molecular complexity index is 928. The fraction of sp³-hybridized carbons (Fsp3) is 0.316. The van der Waals surface area contributed by atoms with Gasteiger partial charge >= 0.3 is 0 Å².